The van der Waals surface area contributed by atoms with E-state index in [1.165, 1.54) is 0 Å². The fourth-order valence-corrected chi connectivity index (χ4v) is 3.37. The number of rotatable bonds is 6. The minimum atomic E-state index is -0.334. The number of hydrogen-bond donors (Lipinski definition) is 2. The normalized spacial score (nSPS) is 11.2. The summed E-state index contributed by atoms with van der Waals surface area (Å²) in [5.74, 6) is 1.10. The number of ether oxygens (including phenoxy) is 2. The molecule has 32 heavy (non-hydrogen) atoms. The van der Waals surface area contributed by atoms with E-state index in [2.05, 4.69) is 20.7 Å². The SMILES string of the molecule is COc1ccc(NC(=NCc2c(C)nn(C)c2C)NC(=O)c2cccc(Cl)c2)cc1OC. The molecule has 3 rings (SSSR count). The third-order valence-electron chi connectivity index (χ3n) is 5.02. The van der Waals surface area contributed by atoms with Crippen molar-refractivity contribution in [2.24, 2.45) is 12.0 Å². The summed E-state index contributed by atoms with van der Waals surface area (Å²) in [6, 6.07) is 12.1. The van der Waals surface area contributed by atoms with Crippen LogP contribution in [0.25, 0.3) is 0 Å². The summed E-state index contributed by atoms with van der Waals surface area (Å²) in [6.07, 6.45) is 0. The van der Waals surface area contributed by atoms with Crippen LogP contribution in [0, 0.1) is 13.8 Å². The Kier molecular flexibility index (Phi) is 7.37. The van der Waals surface area contributed by atoms with Crippen LogP contribution in [0.1, 0.15) is 27.3 Å². The summed E-state index contributed by atoms with van der Waals surface area (Å²) in [5.41, 5.74) is 4.00. The number of aromatic nitrogens is 2. The Hall–Kier alpha value is -3.52. The molecular weight excluding hydrogens is 430 g/mol. The lowest BCUT2D eigenvalue weighted by atomic mass is 10.2. The molecule has 1 heterocycles. The number of aliphatic imine (C=N–C) groups is 1. The predicted molar refractivity (Wildman–Crippen MR) is 126 cm³/mol. The summed E-state index contributed by atoms with van der Waals surface area (Å²) in [6.45, 7) is 4.26. The van der Waals surface area contributed by atoms with E-state index in [0.717, 1.165) is 17.0 Å². The zero-order valence-corrected chi connectivity index (χ0v) is 19.4. The molecule has 2 aromatic carbocycles. The predicted octanol–water partition coefficient (Wildman–Crippen LogP) is 4.11. The molecule has 1 aromatic heterocycles. The topological polar surface area (TPSA) is 89.8 Å². The minimum absolute atomic E-state index is 0.282. The summed E-state index contributed by atoms with van der Waals surface area (Å²) in [7, 11) is 5.02. The van der Waals surface area contributed by atoms with Crippen molar-refractivity contribution in [3.8, 4) is 11.5 Å². The van der Waals surface area contributed by atoms with E-state index in [1.54, 1.807) is 50.6 Å². The molecule has 0 atom stereocenters. The van der Waals surface area contributed by atoms with E-state index in [-0.39, 0.29) is 11.9 Å². The van der Waals surface area contributed by atoms with Crippen molar-refractivity contribution in [1.82, 2.24) is 15.1 Å². The zero-order chi connectivity index (χ0) is 23.3. The smallest absolute Gasteiger partial charge is 0.258 e. The highest BCUT2D eigenvalue weighted by Crippen LogP contribution is 2.29. The first kappa shape index (κ1) is 23.1. The fourth-order valence-electron chi connectivity index (χ4n) is 3.17. The highest BCUT2D eigenvalue weighted by atomic mass is 35.5. The van der Waals surface area contributed by atoms with Gasteiger partial charge in [0, 0.05) is 40.6 Å². The van der Waals surface area contributed by atoms with Crippen LogP contribution in [0.5, 0.6) is 11.5 Å². The molecule has 0 bridgehead atoms. The Bertz CT molecular complexity index is 1160. The summed E-state index contributed by atoms with van der Waals surface area (Å²) >= 11 is 6.03. The number of halogens is 1. The molecule has 2 N–H and O–H groups in total. The summed E-state index contributed by atoms with van der Waals surface area (Å²) in [5, 5.41) is 10.9. The molecule has 0 radical (unpaired) electrons. The molecule has 0 spiro atoms. The van der Waals surface area contributed by atoms with E-state index >= 15 is 0 Å². The van der Waals surface area contributed by atoms with Gasteiger partial charge in [0.15, 0.2) is 11.5 Å². The number of methoxy groups -OCH3 is 2. The van der Waals surface area contributed by atoms with Crippen LogP contribution in [0.15, 0.2) is 47.5 Å². The standard InChI is InChI=1S/C23H26ClN5O3/c1-14-19(15(2)29(3)28-14)13-25-23(27-22(30)16-7-6-8-17(24)11-16)26-18-9-10-20(31-4)21(12-18)32-5/h6-12H,13H2,1-5H3,(H2,25,26,27,30). The average molecular weight is 456 g/mol. The quantitative estimate of drug-likeness (QED) is 0.431. The molecule has 0 unspecified atom stereocenters. The van der Waals surface area contributed by atoms with Crippen molar-refractivity contribution in [2.75, 3.05) is 19.5 Å². The van der Waals surface area contributed by atoms with Crippen molar-refractivity contribution in [2.45, 2.75) is 20.4 Å². The molecule has 0 saturated carbocycles. The highest BCUT2D eigenvalue weighted by Gasteiger charge is 2.13. The van der Waals surface area contributed by atoms with Crippen molar-refractivity contribution in [1.29, 1.82) is 0 Å². The minimum Gasteiger partial charge on any atom is -0.493 e. The zero-order valence-electron chi connectivity index (χ0n) is 18.7. The number of carbonyl (C=O) groups excluding carboxylic acids is 1. The third kappa shape index (κ3) is 5.39. The number of guanidine groups is 1. The Morgan fingerprint density at radius 3 is 2.50 bits per heavy atom. The van der Waals surface area contributed by atoms with E-state index in [1.807, 2.05) is 31.6 Å². The monoisotopic (exact) mass is 455 g/mol. The Morgan fingerprint density at radius 1 is 1.12 bits per heavy atom. The summed E-state index contributed by atoms with van der Waals surface area (Å²) < 4.78 is 12.5. The van der Waals surface area contributed by atoms with Gasteiger partial charge in [-0.25, -0.2) is 4.99 Å². The first-order valence-electron chi connectivity index (χ1n) is 9.92. The van der Waals surface area contributed by atoms with Crippen LogP contribution in [0.3, 0.4) is 0 Å². The molecule has 0 aliphatic carbocycles. The van der Waals surface area contributed by atoms with Gasteiger partial charge in [0.1, 0.15) is 0 Å². The molecule has 8 nitrogen and oxygen atoms in total. The molecule has 0 aliphatic rings. The van der Waals surface area contributed by atoms with E-state index in [9.17, 15) is 4.79 Å². The number of nitrogens with one attached hydrogen (secondary N) is 2. The maximum Gasteiger partial charge on any atom is 0.258 e. The summed E-state index contributed by atoms with van der Waals surface area (Å²) in [4.78, 5) is 17.4. The molecule has 0 fully saturated rings. The van der Waals surface area contributed by atoms with Crippen LogP contribution < -0.4 is 20.1 Å². The first-order chi connectivity index (χ1) is 15.3. The van der Waals surface area contributed by atoms with E-state index in [0.29, 0.717) is 34.3 Å². The number of hydrogen-bond acceptors (Lipinski definition) is 5. The van der Waals surface area contributed by atoms with Crippen LogP contribution >= 0.6 is 11.6 Å². The van der Waals surface area contributed by atoms with Gasteiger partial charge in [0.25, 0.3) is 5.91 Å². The maximum absolute atomic E-state index is 12.8. The molecular formula is C23H26ClN5O3. The lowest BCUT2D eigenvalue weighted by Gasteiger charge is -2.14. The molecule has 168 valence electrons. The van der Waals surface area contributed by atoms with Gasteiger partial charge in [0.05, 0.1) is 26.5 Å². The molecule has 0 aliphatic heterocycles. The average Bonchev–Trinajstić information content (AvgIpc) is 3.02. The van der Waals surface area contributed by atoms with Crippen LogP contribution in [0.4, 0.5) is 5.69 Å². The van der Waals surface area contributed by atoms with Gasteiger partial charge in [-0.2, -0.15) is 5.10 Å². The van der Waals surface area contributed by atoms with Crippen LogP contribution in [0.2, 0.25) is 5.02 Å². The molecule has 3 aromatic rings. The number of nitrogens with zero attached hydrogens (tertiary/aromatic N) is 3. The van der Waals surface area contributed by atoms with Crippen molar-refractivity contribution >= 4 is 29.2 Å². The number of carbonyl (C=O) groups is 1. The highest BCUT2D eigenvalue weighted by molar-refractivity contribution is 6.31. The lowest BCUT2D eigenvalue weighted by Crippen LogP contribution is -2.36. The van der Waals surface area contributed by atoms with Crippen LogP contribution in [-0.4, -0.2) is 35.9 Å². The second-order valence-electron chi connectivity index (χ2n) is 7.10. The molecule has 9 heteroatoms. The van der Waals surface area contributed by atoms with E-state index < -0.39 is 0 Å². The fraction of sp³-hybridized carbons (Fsp3) is 0.261. The van der Waals surface area contributed by atoms with Gasteiger partial charge < -0.3 is 14.8 Å². The Morgan fingerprint density at radius 2 is 1.88 bits per heavy atom. The van der Waals surface area contributed by atoms with Crippen molar-refractivity contribution in [3.05, 3.63) is 70.0 Å². The number of benzene rings is 2. The third-order valence-corrected chi connectivity index (χ3v) is 5.25. The van der Waals surface area contributed by atoms with Gasteiger partial charge in [-0.15, -0.1) is 0 Å². The van der Waals surface area contributed by atoms with Gasteiger partial charge in [-0.3, -0.25) is 14.8 Å². The van der Waals surface area contributed by atoms with Gasteiger partial charge in [0.2, 0.25) is 5.96 Å². The second kappa shape index (κ2) is 10.2. The number of aryl methyl sites for hydroxylation is 2. The second-order valence-corrected chi connectivity index (χ2v) is 7.53. The van der Waals surface area contributed by atoms with Gasteiger partial charge >= 0.3 is 0 Å². The van der Waals surface area contributed by atoms with Gasteiger partial charge in [-0.1, -0.05) is 17.7 Å². The number of anilines is 1. The Labute approximate surface area is 192 Å². The van der Waals surface area contributed by atoms with Crippen molar-refractivity contribution in [3.63, 3.8) is 0 Å². The maximum atomic E-state index is 12.8. The van der Waals surface area contributed by atoms with E-state index in [4.69, 9.17) is 21.1 Å². The number of amides is 1. The first-order valence-corrected chi connectivity index (χ1v) is 10.3. The van der Waals surface area contributed by atoms with Crippen LogP contribution in [-0.2, 0) is 13.6 Å². The molecule has 1 amide bonds. The van der Waals surface area contributed by atoms with Gasteiger partial charge in [-0.05, 0) is 44.2 Å². The largest absolute Gasteiger partial charge is 0.493 e. The molecule has 0 saturated heterocycles. The lowest BCUT2D eigenvalue weighted by molar-refractivity contribution is 0.0977. The Balaban J connectivity index is 1.90. The van der Waals surface area contributed by atoms with Crippen molar-refractivity contribution < 1.29 is 14.3 Å².